The van der Waals surface area contributed by atoms with E-state index in [-0.39, 0.29) is 5.91 Å². The molecule has 0 spiro atoms. The van der Waals surface area contributed by atoms with Gasteiger partial charge in [0.25, 0.3) is 0 Å². The molecule has 0 aliphatic carbocycles. The highest BCUT2D eigenvalue weighted by Crippen LogP contribution is 2.26. The van der Waals surface area contributed by atoms with Crippen LogP contribution in [0.3, 0.4) is 0 Å². The van der Waals surface area contributed by atoms with E-state index >= 15 is 0 Å². The maximum absolute atomic E-state index is 12.0. The highest BCUT2D eigenvalue weighted by Gasteiger charge is 2.05. The minimum Gasteiger partial charge on any atom is -0.497 e. The van der Waals surface area contributed by atoms with Crippen LogP contribution in [0.2, 0.25) is 0 Å². The average Bonchev–Trinajstić information content (AvgIpc) is 2.54. The molecule has 0 radical (unpaired) electrons. The van der Waals surface area contributed by atoms with Gasteiger partial charge in [0.05, 0.1) is 19.9 Å². The third kappa shape index (κ3) is 4.02. The summed E-state index contributed by atoms with van der Waals surface area (Å²) in [6.45, 7) is 0. The van der Waals surface area contributed by atoms with E-state index in [1.165, 1.54) is 13.2 Å². The lowest BCUT2D eigenvalue weighted by Crippen LogP contribution is -2.09. The van der Waals surface area contributed by atoms with Gasteiger partial charge in [0, 0.05) is 17.8 Å². The minimum atomic E-state index is -0.258. The Balaban J connectivity index is 2.08. The second-order valence-corrected chi connectivity index (χ2v) is 4.56. The van der Waals surface area contributed by atoms with Crippen LogP contribution < -0.4 is 20.5 Å². The first kappa shape index (κ1) is 15.4. The third-order valence-electron chi connectivity index (χ3n) is 3.00. The number of benzene rings is 2. The van der Waals surface area contributed by atoms with Gasteiger partial charge in [-0.1, -0.05) is 12.1 Å². The molecule has 5 nitrogen and oxygen atoms in total. The molecule has 0 saturated carbocycles. The van der Waals surface area contributed by atoms with Gasteiger partial charge in [0.2, 0.25) is 5.91 Å². The lowest BCUT2D eigenvalue weighted by molar-refractivity contribution is -0.111. The second kappa shape index (κ2) is 7.17. The predicted octanol–water partition coefficient (Wildman–Crippen LogP) is 2.94. The van der Waals surface area contributed by atoms with Crippen molar-refractivity contribution in [3.8, 4) is 11.5 Å². The Morgan fingerprint density at radius 1 is 1.14 bits per heavy atom. The molecule has 0 aliphatic rings. The molecule has 5 heteroatoms. The molecule has 0 aromatic heterocycles. The fourth-order valence-electron chi connectivity index (χ4n) is 1.90. The van der Waals surface area contributed by atoms with Crippen molar-refractivity contribution < 1.29 is 14.3 Å². The topological polar surface area (TPSA) is 73.6 Å². The molecule has 0 atom stereocenters. The Labute approximate surface area is 129 Å². The highest BCUT2D eigenvalue weighted by atomic mass is 16.5. The zero-order chi connectivity index (χ0) is 15.9. The van der Waals surface area contributed by atoms with Gasteiger partial charge < -0.3 is 20.5 Å². The number of ether oxygens (including phenoxy) is 2. The highest BCUT2D eigenvalue weighted by molar-refractivity contribution is 6.02. The van der Waals surface area contributed by atoms with Gasteiger partial charge in [0.1, 0.15) is 11.5 Å². The summed E-state index contributed by atoms with van der Waals surface area (Å²) in [6, 6.07) is 12.5. The largest absolute Gasteiger partial charge is 0.497 e. The lowest BCUT2D eigenvalue weighted by Gasteiger charge is -2.09. The van der Waals surface area contributed by atoms with Crippen LogP contribution in [-0.2, 0) is 4.79 Å². The Kier molecular flexibility index (Phi) is 5.03. The third-order valence-corrected chi connectivity index (χ3v) is 3.00. The van der Waals surface area contributed by atoms with Crippen molar-refractivity contribution in [1.29, 1.82) is 0 Å². The molecule has 0 bridgehead atoms. The normalized spacial score (nSPS) is 10.5. The van der Waals surface area contributed by atoms with Crippen molar-refractivity contribution in [1.82, 2.24) is 0 Å². The molecule has 1 amide bonds. The van der Waals surface area contributed by atoms with Crippen molar-refractivity contribution >= 4 is 23.4 Å². The van der Waals surface area contributed by atoms with Crippen molar-refractivity contribution in [3.05, 3.63) is 54.1 Å². The lowest BCUT2D eigenvalue weighted by atomic mass is 10.2. The zero-order valence-corrected chi connectivity index (χ0v) is 12.5. The first-order chi connectivity index (χ1) is 10.6. The molecule has 0 unspecified atom stereocenters. The molecule has 2 aromatic carbocycles. The number of methoxy groups -OCH3 is 2. The molecule has 0 saturated heterocycles. The maximum atomic E-state index is 12.0. The van der Waals surface area contributed by atoms with E-state index in [2.05, 4.69) is 5.32 Å². The number of hydrogen-bond donors (Lipinski definition) is 2. The van der Waals surface area contributed by atoms with Crippen LogP contribution in [0.4, 0.5) is 11.4 Å². The van der Waals surface area contributed by atoms with E-state index in [1.54, 1.807) is 31.4 Å². The van der Waals surface area contributed by atoms with Crippen LogP contribution in [0, 0.1) is 0 Å². The van der Waals surface area contributed by atoms with Crippen LogP contribution >= 0.6 is 0 Å². The van der Waals surface area contributed by atoms with E-state index in [1.807, 2.05) is 24.3 Å². The summed E-state index contributed by atoms with van der Waals surface area (Å²) in [5.41, 5.74) is 7.69. The summed E-state index contributed by atoms with van der Waals surface area (Å²) in [5, 5.41) is 2.75. The fraction of sp³-hybridized carbons (Fsp3) is 0.118. The van der Waals surface area contributed by atoms with Gasteiger partial charge in [-0.15, -0.1) is 0 Å². The van der Waals surface area contributed by atoms with Gasteiger partial charge in [-0.25, -0.2) is 0 Å². The molecule has 114 valence electrons. The van der Waals surface area contributed by atoms with Crippen molar-refractivity contribution in [2.45, 2.75) is 0 Å². The summed E-state index contributed by atoms with van der Waals surface area (Å²) in [6.07, 6.45) is 3.16. The van der Waals surface area contributed by atoms with E-state index in [0.717, 1.165) is 11.3 Å². The smallest absolute Gasteiger partial charge is 0.248 e. The van der Waals surface area contributed by atoms with Gasteiger partial charge >= 0.3 is 0 Å². The summed E-state index contributed by atoms with van der Waals surface area (Å²) in [4.78, 5) is 12.0. The van der Waals surface area contributed by atoms with Crippen molar-refractivity contribution in [2.24, 2.45) is 0 Å². The average molecular weight is 298 g/mol. The molecule has 0 heterocycles. The monoisotopic (exact) mass is 298 g/mol. The van der Waals surface area contributed by atoms with Crippen LogP contribution in [0.5, 0.6) is 11.5 Å². The van der Waals surface area contributed by atoms with Gasteiger partial charge in [-0.2, -0.15) is 0 Å². The summed E-state index contributed by atoms with van der Waals surface area (Å²) < 4.78 is 10.3. The van der Waals surface area contributed by atoms with Crippen LogP contribution in [-0.4, -0.2) is 20.1 Å². The molecule has 2 rings (SSSR count). The van der Waals surface area contributed by atoms with Gasteiger partial charge in [-0.3, -0.25) is 4.79 Å². The molecule has 22 heavy (non-hydrogen) atoms. The van der Waals surface area contributed by atoms with Crippen LogP contribution in [0.1, 0.15) is 5.56 Å². The number of hydrogen-bond acceptors (Lipinski definition) is 4. The molecule has 0 fully saturated rings. The number of anilines is 2. The second-order valence-electron chi connectivity index (χ2n) is 4.56. The Morgan fingerprint density at radius 2 is 1.95 bits per heavy atom. The predicted molar refractivity (Wildman–Crippen MR) is 88.1 cm³/mol. The number of nitrogens with two attached hydrogens (primary N) is 1. The maximum Gasteiger partial charge on any atom is 0.248 e. The summed E-state index contributed by atoms with van der Waals surface area (Å²) >= 11 is 0. The zero-order valence-electron chi connectivity index (χ0n) is 12.5. The fourth-order valence-corrected chi connectivity index (χ4v) is 1.90. The van der Waals surface area contributed by atoms with E-state index in [0.29, 0.717) is 17.1 Å². The number of carbonyl (C=O) groups excluding carboxylic acids is 1. The number of nitrogen functional groups attached to an aromatic ring is 1. The van der Waals surface area contributed by atoms with Crippen LogP contribution in [0.15, 0.2) is 48.5 Å². The molecule has 0 aliphatic heterocycles. The Hall–Kier alpha value is -2.95. The first-order valence-corrected chi connectivity index (χ1v) is 6.69. The van der Waals surface area contributed by atoms with Gasteiger partial charge in [0.15, 0.2) is 0 Å². The number of carbonyl (C=O) groups is 1. The van der Waals surface area contributed by atoms with Crippen molar-refractivity contribution in [3.63, 3.8) is 0 Å². The summed E-state index contributed by atoms with van der Waals surface area (Å²) in [5.74, 6) is 0.997. The molecule has 2 aromatic rings. The quantitative estimate of drug-likeness (QED) is 0.657. The Bertz CT molecular complexity index is 696. The minimum absolute atomic E-state index is 0.258. The van der Waals surface area contributed by atoms with Crippen LogP contribution in [0.25, 0.3) is 6.08 Å². The molecular weight excluding hydrogens is 280 g/mol. The van der Waals surface area contributed by atoms with Crippen molar-refractivity contribution in [2.75, 3.05) is 25.3 Å². The first-order valence-electron chi connectivity index (χ1n) is 6.69. The number of nitrogens with one attached hydrogen (secondary N) is 1. The molecule has 3 N–H and O–H groups in total. The SMILES string of the molecule is COc1cccc(/C=C/C(=O)Nc2ccc(N)cc2OC)c1. The summed E-state index contributed by atoms with van der Waals surface area (Å²) in [7, 11) is 3.12. The number of rotatable bonds is 5. The standard InChI is InChI=1S/C17H18N2O3/c1-21-14-5-3-4-12(10-14)6-9-17(20)19-15-8-7-13(18)11-16(15)22-2/h3-11H,18H2,1-2H3,(H,19,20)/b9-6+. The van der Waals surface area contributed by atoms with E-state index in [4.69, 9.17) is 15.2 Å². The van der Waals surface area contributed by atoms with Gasteiger partial charge in [-0.05, 0) is 35.9 Å². The Morgan fingerprint density at radius 3 is 2.68 bits per heavy atom. The molecular formula is C17H18N2O3. The van der Waals surface area contributed by atoms with E-state index < -0.39 is 0 Å². The number of amides is 1. The van der Waals surface area contributed by atoms with E-state index in [9.17, 15) is 4.79 Å².